The highest BCUT2D eigenvalue weighted by atomic mass is 32.2. The number of aromatic nitrogens is 2. The minimum absolute atomic E-state index is 0.108. The van der Waals surface area contributed by atoms with Gasteiger partial charge in [0.15, 0.2) is 10.9 Å². The molecule has 1 saturated heterocycles. The lowest BCUT2D eigenvalue weighted by molar-refractivity contribution is -0.121. The van der Waals surface area contributed by atoms with Crippen LogP contribution in [-0.4, -0.2) is 32.7 Å². The van der Waals surface area contributed by atoms with Crippen LogP contribution in [0.1, 0.15) is 5.56 Å². The number of aliphatic imine (C=N–C) groups is 1. The summed E-state index contributed by atoms with van der Waals surface area (Å²) >= 11 is 2.84. The van der Waals surface area contributed by atoms with Crippen molar-refractivity contribution in [3.05, 3.63) is 95.9 Å². The Balaban J connectivity index is 1.37. The molecule has 170 valence electrons. The van der Waals surface area contributed by atoms with Crippen molar-refractivity contribution in [2.45, 2.75) is 0 Å². The number of fused-ring (bicyclic) bond motifs is 2. The first-order valence-electron chi connectivity index (χ1n) is 10.9. The molecule has 0 radical (unpaired) electrons. The van der Waals surface area contributed by atoms with E-state index in [1.165, 1.54) is 23.1 Å². The number of amidine groups is 1. The van der Waals surface area contributed by atoms with Gasteiger partial charge >= 0.3 is 0 Å². The fourth-order valence-corrected chi connectivity index (χ4v) is 5.75. The van der Waals surface area contributed by atoms with Gasteiger partial charge in [-0.15, -0.1) is 6.58 Å². The second-order valence-electron chi connectivity index (χ2n) is 7.83. The number of thiazole rings is 1. The number of benzene rings is 3. The molecule has 6 rings (SSSR count). The van der Waals surface area contributed by atoms with Gasteiger partial charge in [0.25, 0.3) is 5.91 Å². The van der Waals surface area contributed by atoms with E-state index in [-0.39, 0.29) is 5.91 Å². The van der Waals surface area contributed by atoms with Gasteiger partial charge in [-0.2, -0.15) is 4.99 Å². The van der Waals surface area contributed by atoms with E-state index in [2.05, 4.69) is 16.7 Å². The lowest BCUT2D eigenvalue weighted by atomic mass is 10.1. The first kappa shape index (κ1) is 21.5. The highest BCUT2D eigenvalue weighted by molar-refractivity contribution is 8.18. The SMILES string of the molecule is C=CCN1C(=O)C(=Cc2ccc3noc(-c4ccccc4)c3c2)SC1=Nc1nc2ccccc2s1. The number of amides is 1. The van der Waals surface area contributed by atoms with Gasteiger partial charge in [0, 0.05) is 12.1 Å². The van der Waals surface area contributed by atoms with Crippen molar-refractivity contribution in [2.75, 3.05) is 6.54 Å². The molecule has 0 saturated carbocycles. The molecule has 1 fully saturated rings. The molecule has 0 unspecified atom stereocenters. The summed E-state index contributed by atoms with van der Waals surface area (Å²) in [6.07, 6.45) is 3.58. The lowest BCUT2D eigenvalue weighted by Crippen LogP contribution is -2.29. The zero-order valence-electron chi connectivity index (χ0n) is 18.4. The molecule has 0 N–H and O–H groups in total. The van der Waals surface area contributed by atoms with Crippen LogP contribution in [0, 0.1) is 0 Å². The van der Waals surface area contributed by atoms with Crippen LogP contribution in [0.25, 0.3) is 38.5 Å². The summed E-state index contributed by atoms with van der Waals surface area (Å²) < 4.78 is 6.68. The van der Waals surface area contributed by atoms with Crippen molar-refractivity contribution in [2.24, 2.45) is 4.99 Å². The van der Waals surface area contributed by atoms with Crippen molar-refractivity contribution < 1.29 is 9.32 Å². The van der Waals surface area contributed by atoms with Gasteiger partial charge in [0.1, 0.15) is 5.52 Å². The number of carbonyl (C=O) groups excluding carboxylic acids is 1. The molecule has 3 aromatic carbocycles. The summed E-state index contributed by atoms with van der Waals surface area (Å²) in [6.45, 7) is 4.17. The third kappa shape index (κ3) is 4.07. The molecular formula is C27H18N4O2S2. The molecule has 3 heterocycles. The van der Waals surface area contributed by atoms with Crippen LogP contribution in [0.15, 0.2) is 99.9 Å². The summed E-state index contributed by atoms with van der Waals surface area (Å²) in [4.78, 5) is 24.7. The largest absolute Gasteiger partial charge is 0.355 e. The number of para-hydroxylation sites is 1. The van der Waals surface area contributed by atoms with Crippen molar-refractivity contribution in [1.29, 1.82) is 0 Å². The predicted octanol–water partition coefficient (Wildman–Crippen LogP) is 6.89. The minimum atomic E-state index is -0.108. The van der Waals surface area contributed by atoms with Gasteiger partial charge in [-0.1, -0.05) is 71.1 Å². The fourth-order valence-electron chi connectivity index (χ4n) is 3.87. The van der Waals surface area contributed by atoms with Gasteiger partial charge in [-0.25, -0.2) is 4.98 Å². The second kappa shape index (κ2) is 8.98. The van der Waals surface area contributed by atoms with E-state index in [9.17, 15) is 4.79 Å². The van der Waals surface area contributed by atoms with E-state index >= 15 is 0 Å². The monoisotopic (exact) mass is 494 g/mol. The summed E-state index contributed by atoms with van der Waals surface area (Å²) in [5.41, 5.74) is 3.50. The van der Waals surface area contributed by atoms with Crippen LogP contribution in [0.3, 0.4) is 0 Å². The normalized spacial score (nSPS) is 16.2. The molecule has 2 aromatic heterocycles. The molecule has 6 nitrogen and oxygen atoms in total. The van der Waals surface area contributed by atoms with E-state index < -0.39 is 0 Å². The first-order chi connectivity index (χ1) is 17.2. The highest BCUT2D eigenvalue weighted by Crippen LogP contribution is 2.37. The Labute approximate surface area is 209 Å². The van der Waals surface area contributed by atoms with Gasteiger partial charge in [0.05, 0.1) is 20.5 Å². The number of hydrogen-bond acceptors (Lipinski definition) is 7. The van der Waals surface area contributed by atoms with E-state index in [1.54, 1.807) is 11.0 Å². The number of rotatable bonds is 5. The van der Waals surface area contributed by atoms with Crippen LogP contribution in [0.2, 0.25) is 0 Å². The Morgan fingerprint density at radius 2 is 1.86 bits per heavy atom. The number of hydrogen-bond donors (Lipinski definition) is 0. The number of thioether (sulfide) groups is 1. The Hall–Kier alpha value is -4.01. The predicted molar refractivity (Wildman–Crippen MR) is 144 cm³/mol. The molecular weight excluding hydrogens is 476 g/mol. The smallest absolute Gasteiger partial charge is 0.267 e. The average Bonchev–Trinajstić information content (AvgIpc) is 3.56. The van der Waals surface area contributed by atoms with Crippen molar-refractivity contribution in [3.63, 3.8) is 0 Å². The quantitative estimate of drug-likeness (QED) is 0.196. The average molecular weight is 495 g/mol. The summed E-state index contributed by atoms with van der Waals surface area (Å²) in [5, 5.41) is 6.29. The maximum atomic E-state index is 13.2. The highest BCUT2D eigenvalue weighted by Gasteiger charge is 2.33. The summed E-state index contributed by atoms with van der Waals surface area (Å²) in [6, 6.07) is 23.6. The minimum Gasteiger partial charge on any atom is -0.355 e. The maximum Gasteiger partial charge on any atom is 0.267 e. The van der Waals surface area contributed by atoms with Crippen molar-refractivity contribution >= 4 is 66.5 Å². The Bertz CT molecular complexity index is 1620. The fraction of sp³-hybridized carbons (Fsp3) is 0.0370. The number of nitrogens with zero attached hydrogens (tertiary/aromatic N) is 4. The van der Waals surface area contributed by atoms with Gasteiger partial charge in [-0.3, -0.25) is 9.69 Å². The molecule has 1 amide bonds. The zero-order valence-corrected chi connectivity index (χ0v) is 20.1. The Morgan fingerprint density at radius 3 is 2.69 bits per heavy atom. The van der Waals surface area contributed by atoms with E-state index in [0.717, 1.165) is 32.2 Å². The van der Waals surface area contributed by atoms with E-state index in [4.69, 9.17) is 9.52 Å². The summed E-state index contributed by atoms with van der Waals surface area (Å²) in [5.74, 6) is 0.598. The summed E-state index contributed by atoms with van der Waals surface area (Å²) in [7, 11) is 0. The van der Waals surface area contributed by atoms with Gasteiger partial charge in [0.2, 0.25) is 5.13 Å². The van der Waals surface area contributed by atoms with Crippen LogP contribution in [0.4, 0.5) is 5.13 Å². The topological polar surface area (TPSA) is 71.6 Å². The van der Waals surface area contributed by atoms with Crippen LogP contribution >= 0.6 is 23.1 Å². The van der Waals surface area contributed by atoms with Gasteiger partial charge in [-0.05, 0) is 47.7 Å². The lowest BCUT2D eigenvalue weighted by Gasteiger charge is -2.11. The molecule has 1 aliphatic heterocycles. The molecule has 0 bridgehead atoms. The third-order valence-electron chi connectivity index (χ3n) is 5.51. The molecule has 0 aliphatic carbocycles. The van der Waals surface area contributed by atoms with Crippen LogP contribution in [0.5, 0.6) is 0 Å². The van der Waals surface area contributed by atoms with Crippen LogP contribution in [-0.2, 0) is 4.79 Å². The zero-order chi connectivity index (χ0) is 23.8. The third-order valence-corrected chi connectivity index (χ3v) is 7.44. The Morgan fingerprint density at radius 1 is 1.03 bits per heavy atom. The Kier molecular flexibility index (Phi) is 5.52. The maximum absolute atomic E-state index is 13.2. The molecule has 1 aliphatic rings. The van der Waals surface area contributed by atoms with E-state index in [0.29, 0.717) is 27.5 Å². The first-order valence-corrected chi connectivity index (χ1v) is 12.5. The number of carbonyl (C=O) groups is 1. The second-order valence-corrected chi connectivity index (χ2v) is 9.85. The molecule has 0 atom stereocenters. The van der Waals surface area contributed by atoms with E-state index in [1.807, 2.05) is 78.9 Å². The van der Waals surface area contributed by atoms with Gasteiger partial charge < -0.3 is 4.52 Å². The molecule has 0 spiro atoms. The van der Waals surface area contributed by atoms with Crippen LogP contribution < -0.4 is 0 Å². The molecule has 5 aromatic rings. The standard InChI is InChI=1S/C27H18N4O2S2/c1-2-14-31-25(32)23(35-27(31)29-26-28-21-10-6-7-11-22(21)34-26)16-17-12-13-20-19(15-17)24(33-30-20)18-8-4-3-5-9-18/h2-13,15-16H,1,14H2. The van der Waals surface area contributed by atoms with Crippen molar-refractivity contribution in [3.8, 4) is 11.3 Å². The van der Waals surface area contributed by atoms with Crippen molar-refractivity contribution in [1.82, 2.24) is 15.0 Å². The molecule has 8 heteroatoms. The molecule has 35 heavy (non-hydrogen) atoms.